The Bertz CT molecular complexity index is 590. The van der Waals surface area contributed by atoms with Crippen LogP contribution >= 0.6 is 22.6 Å². The first-order valence-corrected chi connectivity index (χ1v) is 9.85. The van der Waals surface area contributed by atoms with Gasteiger partial charge in [-0.1, -0.05) is 12.1 Å². The number of hydrogen-bond donors (Lipinski definition) is 2. The van der Waals surface area contributed by atoms with E-state index in [2.05, 4.69) is 52.2 Å². The van der Waals surface area contributed by atoms with Crippen LogP contribution in [0.1, 0.15) is 30.7 Å². The highest BCUT2D eigenvalue weighted by Crippen LogP contribution is 2.31. The average Bonchev–Trinajstić information content (AvgIpc) is 2.66. The number of halogens is 1. The molecule has 2 atom stereocenters. The van der Waals surface area contributed by atoms with E-state index in [4.69, 9.17) is 19.3 Å². The van der Waals surface area contributed by atoms with E-state index in [1.54, 1.807) is 7.11 Å². The zero-order valence-electron chi connectivity index (χ0n) is 14.9. The van der Waals surface area contributed by atoms with E-state index in [0.717, 1.165) is 15.6 Å². The zero-order chi connectivity index (χ0) is 18.8. The third-order valence-electron chi connectivity index (χ3n) is 4.03. The van der Waals surface area contributed by atoms with Crippen molar-refractivity contribution in [2.45, 2.75) is 31.5 Å². The molecule has 2 rings (SSSR count). The number of unbranched alkanes of at least 4 members (excludes halogenated alkanes) is 1. The van der Waals surface area contributed by atoms with Crippen LogP contribution in [0.5, 0.6) is 0 Å². The predicted molar refractivity (Wildman–Crippen MR) is 107 cm³/mol. The first-order valence-electron chi connectivity index (χ1n) is 8.77. The summed E-state index contributed by atoms with van der Waals surface area (Å²) in [6, 6.07) is 8.23. The molecule has 0 spiro atoms. The number of aliphatic hydroxyl groups excluding tert-OH is 1. The number of benzene rings is 1. The minimum absolute atomic E-state index is 0.0479. The minimum atomic E-state index is -0.480. The lowest BCUT2D eigenvalue weighted by atomic mass is 9.93. The largest absolute Gasteiger partial charge is 0.459 e. The number of allylic oxidation sites excluding steroid dienone is 1. The van der Waals surface area contributed by atoms with Gasteiger partial charge in [0.25, 0.3) is 5.91 Å². The Morgan fingerprint density at radius 2 is 2.08 bits per heavy atom. The van der Waals surface area contributed by atoms with Gasteiger partial charge < -0.3 is 24.6 Å². The van der Waals surface area contributed by atoms with Gasteiger partial charge in [-0.25, -0.2) is 0 Å². The lowest BCUT2D eigenvalue weighted by Crippen LogP contribution is -2.34. The summed E-state index contributed by atoms with van der Waals surface area (Å²) in [4.78, 5) is 12.4. The number of carbonyl (C=O) groups excluding carboxylic acids is 1. The molecule has 1 aromatic rings. The molecule has 6 nitrogen and oxygen atoms in total. The van der Waals surface area contributed by atoms with Gasteiger partial charge in [0.2, 0.25) is 6.29 Å². The maximum Gasteiger partial charge on any atom is 0.286 e. The van der Waals surface area contributed by atoms with Crippen LogP contribution in [-0.4, -0.2) is 50.8 Å². The van der Waals surface area contributed by atoms with Crippen LogP contribution in [0.4, 0.5) is 0 Å². The van der Waals surface area contributed by atoms with E-state index < -0.39 is 6.29 Å². The molecular formula is C19H26INO5. The van der Waals surface area contributed by atoms with Crippen molar-refractivity contribution in [3.63, 3.8) is 0 Å². The molecule has 0 aromatic heterocycles. The standard InChI is InChI=1S/C19H26INO5/c1-24-11-8-21-19(23)17-12-15(14-4-6-16(20)7-5-14)13-18(26-17)25-10-3-2-9-22/h4-7,12,15,18,22H,2-3,8-11,13H2,1H3,(H,21,23)/t15-,18+/m0/s1. The Morgan fingerprint density at radius 3 is 2.77 bits per heavy atom. The van der Waals surface area contributed by atoms with Crippen LogP contribution in [0.25, 0.3) is 0 Å². The van der Waals surface area contributed by atoms with Crippen molar-refractivity contribution in [3.8, 4) is 0 Å². The third kappa shape index (κ3) is 6.86. The maximum atomic E-state index is 12.4. The second-order valence-electron chi connectivity index (χ2n) is 6.02. The number of carbonyl (C=O) groups is 1. The Morgan fingerprint density at radius 1 is 1.31 bits per heavy atom. The lowest BCUT2D eigenvalue weighted by Gasteiger charge is -2.29. The zero-order valence-corrected chi connectivity index (χ0v) is 17.1. The van der Waals surface area contributed by atoms with Crippen LogP contribution < -0.4 is 5.32 Å². The number of rotatable bonds is 10. The van der Waals surface area contributed by atoms with E-state index in [-0.39, 0.29) is 24.2 Å². The summed E-state index contributed by atoms with van der Waals surface area (Å²) in [5, 5.41) is 11.7. The fraction of sp³-hybridized carbons (Fsp3) is 0.526. The fourth-order valence-electron chi connectivity index (χ4n) is 2.64. The first-order chi connectivity index (χ1) is 12.6. The van der Waals surface area contributed by atoms with Gasteiger partial charge in [0.1, 0.15) is 0 Å². The van der Waals surface area contributed by atoms with Crippen molar-refractivity contribution in [1.29, 1.82) is 0 Å². The van der Waals surface area contributed by atoms with Crippen LogP contribution in [0.2, 0.25) is 0 Å². The molecule has 7 heteroatoms. The van der Waals surface area contributed by atoms with Crippen LogP contribution in [0, 0.1) is 3.57 Å². The monoisotopic (exact) mass is 475 g/mol. The second kappa shape index (κ2) is 11.5. The van der Waals surface area contributed by atoms with Gasteiger partial charge in [-0.15, -0.1) is 0 Å². The second-order valence-corrected chi connectivity index (χ2v) is 7.27. The highest BCUT2D eigenvalue weighted by molar-refractivity contribution is 14.1. The fourth-order valence-corrected chi connectivity index (χ4v) is 3.00. The van der Waals surface area contributed by atoms with Crippen molar-refractivity contribution < 1.29 is 24.1 Å². The van der Waals surface area contributed by atoms with Crippen LogP contribution in [0.15, 0.2) is 36.1 Å². The summed E-state index contributed by atoms with van der Waals surface area (Å²) in [6.45, 7) is 1.50. The van der Waals surface area contributed by atoms with E-state index in [0.29, 0.717) is 32.6 Å². The molecule has 1 aromatic carbocycles. The number of aliphatic hydroxyl groups is 1. The quantitative estimate of drug-likeness (QED) is 0.402. The molecule has 0 saturated heterocycles. The molecule has 0 unspecified atom stereocenters. The molecule has 0 saturated carbocycles. The summed E-state index contributed by atoms with van der Waals surface area (Å²) in [7, 11) is 1.59. The molecule has 144 valence electrons. The molecule has 26 heavy (non-hydrogen) atoms. The lowest BCUT2D eigenvalue weighted by molar-refractivity contribution is -0.146. The topological polar surface area (TPSA) is 77.0 Å². The van der Waals surface area contributed by atoms with Gasteiger partial charge in [-0.05, 0) is 59.2 Å². The molecule has 1 aliphatic rings. The number of amides is 1. The molecule has 2 N–H and O–H groups in total. The van der Waals surface area contributed by atoms with Gasteiger partial charge in [0, 0.05) is 36.2 Å². The summed E-state index contributed by atoms with van der Waals surface area (Å²) in [5.41, 5.74) is 1.12. The Balaban J connectivity index is 2.06. The highest BCUT2D eigenvalue weighted by atomic mass is 127. The molecule has 1 aliphatic heterocycles. The van der Waals surface area contributed by atoms with Crippen molar-refractivity contribution in [3.05, 3.63) is 45.2 Å². The molecule has 1 amide bonds. The smallest absolute Gasteiger partial charge is 0.286 e. The summed E-state index contributed by atoms with van der Waals surface area (Å²) in [5.74, 6) is 0.0658. The molecule has 0 fully saturated rings. The van der Waals surface area contributed by atoms with Gasteiger partial charge in [-0.2, -0.15) is 0 Å². The van der Waals surface area contributed by atoms with Gasteiger partial charge in [-0.3, -0.25) is 4.79 Å². The molecular weight excluding hydrogens is 449 g/mol. The van der Waals surface area contributed by atoms with Crippen molar-refractivity contribution >= 4 is 28.5 Å². The van der Waals surface area contributed by atoms with Crippen LogP contribution in [-0.2, 0) is 19.0 Å². The summed E-state index contributed by atoms with van der Waals surface area (Å²) >= 11 is 2.27. The van der Waals surface area contributed by atoms with Crippen LogP contribution in [0.3, 0.4) is 0 Å². The van der Waals surface area contributed by atoms with E-state index in [1.807, 2.05) is 6.08 Å². The predicted octanol–water partition coefficient (Wildman–Crippen LogP) is 2.56. The van der Waals surface area contributed by atoms with Gasteiger partial charge in [0.05, 0.1) is 13.2 Å². The SMILES string of the molecule is COCCNC(=O)C1=C[C@H](c2ccc(I)cc2)C[C@H](OCCCCO)O1. The summed E-state index contributed by atoms with van der Waals surface area (Å²) in [6.07, 6.45) is 3.47. The summed E-state index contributed by atoms with van der Waals surface area (Å²) < 4.78 is 17.7. The minimum Gasteiger partial charge on any atom is -0.459 e. The molecule has 0 radical (unpaired) electrons. The third-order valence-corrected chi connectivity index (χ3v) is 4.75. The van der Waals surface area contributed by atoms with Gasteiger partial charge in [0.15, 0.2) is 5.76 Å². The average molecular weight is 475 g/mol. The van der Waals surface area contributed by atoms with Crippen molar-refractivity contribution in [2.24, 2.45) is 0 Å². The highest BCUT2D eigenvalue weighted by Gasteiger charge is 2.28. The van der Waals surface area contributed by atoms with E-state index in [9.17, 15) is 4.79 Å². The first kappa shape index (κ1) is 21.1. The van der Waals surface area contributed by atoms with E-state index in [1.165, 1.54) is 0 Å². The van der Waals surface area contributed by atoms with Gasteiger partial charge >= 0.3 is 0 Å². The number of methoxy groups -OCH3 is 1. The molecule has 1 heterocycles. The Labute approximate surface area is 168 Å². The molecule has 0 aliphatic carbocycles. The van der Waals surface area contributed by atoms with Crippen molar-refractivity contribution in [2.75, 3.05) is 33.5 Å². The number of hydrogen-bond acceptors (Lipinski definition) is 5. The Hall–Kier alpha value is -1.16. The maximum absolute atomic E-state index is 12.4. The molecule has 0 bridgehead atoms. The van der Waals surface area contributed by atoms with Crippen molar-refractivity contribution in [1.82, 2.24) is 5.32 Å². The number of ether oxygens (including phenoxy) is 3. The normalized spacial score (nSPS) is 19.6. The van der Waals surface area contributed by atoms with E-state index >= 15 is 0 Å². The number of nitrogens with one attached hydrogen (secondary N) is 1. The Kier molecular flexibility index (Phi) is 9.38.